The summed E-state index contributed by atoms with van der Waals surface area (Å²) in [4.78, 5) is 18.8. The number of nitrogens with zero attached hydrogens (tertiary/aromatic N) is 2. The molecular formula is C23H37N5O2. The number of nitrogens with one attached hydrogen (secondary N) is 3. The molecule has 1 saturated carbocycles. The second kappa shape index (κ2) is 11.7. The molecule has 0 aromatic heterocycles. The van der Waals surface area contributed by atoms with Gasteiger partial charge in [0.05, 0.1) is 12.8 Å². The normalized spacial score (nSPS) is 20.1. The third kappa shape index (κ3) is 6.54. The van der Waals surface area contributed by atoms with Crippen molar-refractivity contribution in [2.24, 2.45) is 10.9 Å². The standard InChI is InChI=1S/C23H37N5O2/c1-24-23(26-14-13-25-22(29)16-18-8-4-3-5-9-18)27-19-12-15-28(17-19)20-10-6-7-11-21(20)30-2/h6-7,10-11,18-19H,3-5,8-9,12-17H2,1-2H3,(H,25,29)(H2,24,26,27). The topological polar surface area (TPSA) is 78.0 Å². The Labute approximate surface area is 180 Å². The van der Waals surface area contributed by atoms with Gasteiger partial charge in [0.1, 0.15) is 5.75 Å². The molecule has 3 N–H and O–H groups in total. The van der Waals surface area contributed by atoms with E-state index in [1.165, 1.54) is 32.1 Å². The Morgan fingerprint density at radius 1 is 1.13 bits per heavy atom. The fourth-order valence-electron chi connectivity index (χ4n) is 4.48. The first-order chi connectivity index (χ1) is 14.7. The number of benzene rings is 1. The molecule has 0 bridgehead atoms. The van der Waals surface area contributed by atoms with E-state index in [9.17, 15) is 4.79 Å². The largest absolute Gasteiger partial charge is 0.495 e. The summed E-state index contributed by atoms with van der Waals surface area (Å²) in [5, 5.41) is 9.85. The van der Waals surface area contributed by atoms with E-state index in [-0.39, 0.29) is 5.91 Å². The number of para-hydroxylation sites is 2. The average Bonchev–Trinajstić information content (AvgIpc) is 3.24. The molecule has 30 heavy (non-hydrogen) atoms. The van der Waals surface area contributed by atoms with Crippen LogP contribution < -0.4 is 25.6 Å². The first-order valence-corrected chi connectivity index (χ1v) is 11.3. The van der Waals surface area contributed by atoms with E-state index in [1.54, 1.807) is 14.2 Å². The van der Waals surface area contributed by atoms with Crippen LogP contribution in [-0.2, 0) is 4.79 Å². The lowest BCUT2D eigenvalue weighted by atomic mass is 9.87. The van der Waals surface area contributed by atoms with Crippen LogP contribution in [0.15, 0.2) is 29.3 Å². The SMILES string of the molecule is CN=C(NCCNC(=O)CC1CCCCC1)NC1CCN(c2ccccc2OC)C1. The van der Waals surface area contributed by atoms with Crippen molar-refractivity contribution in [3.63, 3.8) is 0 Å². The highest BCUT2D eigenvalue weighted by Gasteiger charge is 2.25. The maximum Gasteiger partial charge on any atom is 0.220 e. The van der Waals surface area contributed by atoms with Crippen molar-refractivity contribution >= 4 is 17.6 Å². The van der Waals surface area contributed by atoms with Crippen LogP contribution in [0.2, 0.25) is 0 Å². The fourth-order valence-corrected chi connectivity index (χ4v) is 4.48. The molecule has 1 aliphatic carbocycles. The van der Waals surface area contributed by atoms with Crippen LogP contribution in [-0.4, -0.2) is 58.2 Å². The summed E-state index contributed by atoms with van der Waals surface area (Å²) in [6, 6.07) is 8.46. The van der Waals surface area contributed by atoms with Crippen molar-refractivity contribution in [2.75, 3.05) is 45.2 Å². The minimum atomic E-state index is 0.176. The van der Waals surface area contributed by atoms with Crippen LogP contribution in [0.4, 0.5) is 5.69 Å². The summed E-state index contributed by atoms with van der Waals surface area (Å²) in [6.07, 6.45) is 8.00. The van der Waals surface area contributed by atoms with Gasteiger partial charge in [-0.05, 0) is 37.3 Å². The molecule has 1 unspecified atom stereocenters. The van der Waals surface area contributed by atoms with E-state index >= 15 is 0 Å². The van der Waals surface area contributed by atoms with Gasteiger partial charge in [0, 0.05) is 45.7 Å². The van der Waals surface area contributed by atoms with E-state index in [2.05, 4.69) is 31.9 Å². The molecular weight excluding hydrogens is 378 g/mol. The molecule has 1 aromatic carbocycles. The number of ether oxygens (including phenoxy) is 1. The zero-order valence-electron chi connectivity index (χ0n) is 18.5. The molecule has 7 nitrogen and oxygen atoms in total. The lowest BCUT2D eigenvalue weighted by molar-refractivity contribution is -0.122. The number of hydrogen-bond donors (Lipinski definition) is 3. The number of anilines is 1. The van der Waals surface area contributed by atoms with Gasteiger partial charge < -0.3 is 25.6 Å². The predicted molar refractivity (Wildman–Crippen MR) is 122 cm³/mol. The molecule has 1 aromatic rings. The molecule has 1 saturated heterocycles. The van der Waals surface area contributed by atoms with Crippen LogP contribution in [0.5, 0.6) is 5.75 Å². The molecule has 0 spiro atoms. The Morgan fingerprint density at radius 2 is 1.90 bits per heavy atom. The van der Waals surface area contributed by atoms with Crippen molar-refractivity contribution in [3.05, 3.63) is 24.3 Å². The van der Waals surface area contributed by atoms with Gasteiger partial charge in [-0.15, -0.1) is 0 Å². The maximum absolute atomic E-state index is 12.1. The van der Waals surface area contributed by atoms with E-state index in [0.29, 0.717) is 31.5 Å². The Morgan fingerprint density at radius 3 is 2.67 bits per heavy atom. The minimum Gasteiger partial charge on any atom is -0.495 e. The summed E-state index contributed by atoms with van der Waals surface area (Å²) in [6.45, 7) is 3.16. The minimum absolute atomic E-state index is 0.176. The summed E-state index contributed by atoms with van der Waals surface area (Å²) in [5.74, 6) is 2.44. The van der Waals surface area contributed by atoms with Crippen LogP contribution in [0.3, 0.4) is 0 Å². The van der Waals surface area contributed by atoms with Gasteiger partial charge in [-0.25, -0.2) is 0 Å². The number of guanidine groups is 1. The second-order valence-electron chi connectivity index (χ2n) is 8.30. The smallest absolute Gasteiger partial charge is 0.220 e. The summed E-state index contributed by atoms with van der Waals surface area (Å²) in [5.41, 5.74) is 1.13. The van der Waals surface area contributed by atoms with E-state index < -0.39 is 0 Å². The third-order valence-electron chi connectivity index (χ3n) is 6.12. The molecule has 166 valence electrons. The molecule has 1 heterocycles. The molecule has 7 heteroatoms. The second-order valence-corrected chi connectivity index (χ2v) is 8.30. The summed E-state index contributed by atoms with van der Waals surface area (Å²) in [7, 11) is 3.49. The van der Waals surface area contributed by atoms with Crippen molar-refractivity contribution in [1.29, 1.82) is 0 Å². The quantitative estimate of drug-likeness (QED) is 0.345. The first-order valence-electron chi connectivity index (χ1n) is 11.3. The molecule has 2 aliphatic rings. The molecule has 3 rings (SSSR count). The first kappa shape index (κ1) is 22.2. The van der Waals surface area contributed by atoms with Crippen LogP contribution in [0, 0.1) is 5.92 Å². The number of carbonyl (C=O) groups excluding carboxylic acids is 1. The Balaban J connectivity index is 1.35. The number of hydrogen-bond acceptors (Lipinski definition) is 4. The maximum atomic E-state index is 12.1. The van der Waals surface area contributed by atoms with Crippen molar-refractivity contribution in [1.82, 2.24) is 16.0 Å². The Hall–Kier alpha value is -2.44. The molecule has 1 atom stereocenters. The zero-order valence-corrected chi connectivity index (χ0v) is 18.5. The molecule has 1 aliphatic heterocycles. The average molecular weight is 416 g/mol. The van der Waals surface area contributed by atoms with Gasteiger partial charge in [0.25, 0.3) is 0 Å². The number of amides is 1. The number of aliphatic imine (C=N–C) groups is 1. The predicted octanol–water partition coefficient (Wildman–Crippen LogP) is 2.53. The highest BCUT2D eigenvalue weighted by molar-refractivity contribution is 5.80. The summed E-state index contributed by atoms with van der Waals surface area (Å²) >= 11 is 0. The highest BCUT2D eigenvalue weighted by atomic mass is 16.5. The number of methoxy groups -OCH3 is 1. The number of rotatable bonds is 8. The van der Waals surface area contributed by atoms with Gasteiger partial charge >= 0.3 is 0 Å². The van der Waals surface area contributed by atoms with Gasteiger partial charge in [-0.1, -0.05) is 31.4 Å². The van der Waals surface area contributed by atoms with Crippen LogP contribution in [0.25, 0.3) is 0 Å². The van der Waals surface area contributed by atoms with Gasteiger partial charge in [0.15, 0.2) is 5.96 Å². The van der Waals surface area contributed by atoms with Gasteiger partial charge in [-0.3, -0.25) is 9.79 Å². The Bertz CT molecular complexity index is 703. The van der Waals surface area contributed by atoms with E-state index in [1.807, 2.05) is 18.2 Å². The van der Waals surface area contributed by atoms with Gasteiger partial charge in [-0.2, -0.15) is 0 Å². The lowest BCUT2D eigenvalue weighted by Crippen LogP contribution is -2.46. The highest BCUT2D eigenvalue weighted by Crippen LogP contribution is 2.30. The molecule has 1 amide bonds. The monoisotopic (exact) mass is 415 g/mol. The van der Waals surface area contributed by atoms with E-state index in [0.717, 1.165) is 36.9 Å². The van der Waals surface area contributed by atoms with Crippen LogP contribution in [0.1, 0.15) is 44.9 Å². The molecule has 0 radical (unpaired) electrons. The summed E-state index contributed by atoms with van der Waals surface area (Å²) < 4.78 is 5.50. The van der Waals surface area contributed by atoms with Crippen LogP contribution >= 0.6 is 0 Å². The van der Waals surface area contributed by atoms with E-state index in [4.69, 9.17) is 4.74 Å². The Kier molecular flexibility index (Phi) is 8.66. The molecule has 2 fully saturated rings. The lowest BCUT2D eigenvalue weighted by Gasteiger charge is -2.22. The van der Waals surface area contributed by atoms with Gasteiger partial charge in [0.2, 0.25) is 5.91 Å². The zero-order chi connectivity index (χ0) is 21.2. The number of carbonyl (C=O) groups is 1. The fraction of sp³-hybridized carbons (Fsp3) is 0.652. The van der Waals surface area contributed by atoms with Crippen molar-refractivity contribution in [3.8, 4) is 5.75 Å². The van der Waals surface area contributed by atoms with Crippen molar-refractivity contribution in [2.45, 2.75) is 51.0 Å². The van der Waals surface area contributed by atoms with Crippen molar-refractivity contribution < 1.29 is 9.53 Å². The third-order valence-corrected chi connectivity index (χ3v) is 6.12.